The van der Waals surface area contributed by atoms with Crippen LogP contribution in [0, 0.1) is 5.82 Å². The quantitative estimate of drug-likeness (QED) is 0.903. The van der Waals surface area contributed by atoms with Gasteiger partial charge in [-0.05, 0) is 37.9 Å². The zero-order valence-corrected chi connectivity index (χ0v) is 9.88. The van der Waals surface area contributed by atoms with E-state index in [-0.39, 0.29) is 11.9 Å². The van der Waals surface area contributed by atoms with Crippen LogP contribution in [0.2, 0.25) is 0 Å². The van der Waals surface area contributed by atoms with Crippen LogP contribution in [0.15, 0.2) is 22.7 Å². The van der Waals surface area contributed by atoms with Crippen LogP contribution < -0.4 is 5.73 Å². The predicted molar refractivity (Wildman–Crippen MR) is 59.6 cm³/mol. The van der Waals surface area contributed by atoms with E-state index in [4.69, 9.17) is 5.73 Å². The Hall–Kier alpha value is -0.450. The van der Waals surface area contributed by atoms with Crippen LogP contribution in [-0.4, -0.2) is 25.5 Å². The fraction of sp³-hybridized carbons (Fsp3) is 0.400. The number of likely N-dealkylation sites (N-methyl/N-ethyl adjacent to an activating group) is 1. The molecule has 0 saturated heterocycles. The van der Waals surface area contributed by atoms with Crippen LogP contribution in [0.5, 0.6) is 0 Å². The molecule has 0 heterocycles. The molecule has 2 nitrogen and oxygen atoms in total. The molecular weight excluding hydrogens is 247 g/mol. The second kappa shape index (κ2) is 4.87. The first kappa shape index (κ1) is 11.6. The maximum absolute atomic E-state index is 13.1. The topological polar surface area (TPSA) is 29.3 Å². The van der Waals surface area contributed by atoms with Gasteiger partial charge in [0.25, 0.3) is 0 Å². The van der Waals surface area contributed by atoms with Crippen molar-refractivity contribution in [1.29, 1.82) is 0 Å². The van der Waals surface area contributed by atoms with Crippen molar-refractivity contribution in [3.8, 4) is 0 Å². The number of hydrogen-bond acceptors (Lipinski definition) is 2. The van der Waals surface area contributed by atoms with E-state index in [1.807, 2.05) is 25.1 Å². The van der Waals surface area contributed by atoms with Crippen LogP contribution in [0.4, 0.5) is 4.39 Å². The summed E-state index contributed by atoms with van der Waals surface area (Å²) < 4.78 is 13.8. The summed E-state index contributed by atoms with van der Waals surface area (Å²) in [5.74, 6) is -0.241. The zero-order chi connectivity index (χ0) is 10.7. The minimum absolute atomic E-state index is 0.0574. The third-order valence-corrected chi connectivity index (χ3v) is 2.57. The van der Waals surface area contributed by atoms with E-state index in [0.29, 0.717) is 6.54 Å². The number of rotatable bonds is 3. The highest BCUT2D eigenvalue weighted by Crippen LogP contribution is 2.22. The van der Waals surface area contributed by atoms with Crippen LogP contribution in [0.3, 0.4) is 0 Å². The lowest BCUT2D eigenvalue weighted by Crippen LogP contribution is -2.27. The SMILES string of the molecule is CN(C)C(CN)c1cc(F)cc(Br)c1. The molecule has 1 aromatic carbocycles. The molecule has 14 heavy (non-hydrogen) atoms. The minimum Gasteiger partial charge on any atom is -0.329 e. The highest BCUT2D eigenvalue weighted by atomic mass is 79.9. The summed E-state index contributed by atoms with van der Waals surface area (Å²) in [6.45, 7) is 0.475. The molecule has 0 saturated carbocycles. The molecule has 2 N–H and O–H groups in total. The van der Waals surface area contributed by atoms with E-state index < -0.39 is 0 Å². The molecule has 0 fully saturated rings. The minimum atomic E-state index is -0.241. The van der Waals surface area contributed by atoms with Gasteiger partial charge >= 0.3 is 0 Å². The van der Waals surface area contributed by atoms with E-state index in [1.54, 1.807) is 0 Å². The molecule has 0 aliphatic rings. The average molecular weight is 261 g/mol. The van der Waals surface area contributed by atoms with Gasteiger partial charge < -0.3 is 10.6 Å². The number of benzene rings is 1. The summed E-state index contributed by atoms with van der Waals surface area (Å²) in [5, 5.41) is 0. The Kier molecular flexibility index (Phi) is 4.04. The van der Waals surface area contributed by atoms with Crippen molar-refractivity contribution in [3.05, 3.63) is 34.1 Å². The van der Waals surface area contributed by atoms with E-state index in [2.05, 4.69) is 15.9 Å². The van der Waals surface area contributed by atoms with Crippen LogP contribution in [-0.2, 0) is 0 Å². The van der Waals surface area contributed by atoms with Crippen LogP contribution in [0.1, 0.15) is 11.6 Å². The molecule has 4 heteroatoms. The Morgan fingerprint density at radius 1 is 1.43 bits per heavy atom. The summed E-state index contributed by atoms with van der Waals surface area (Å²) >= 11 is 3.26. The first-order valence-corrected chi connectivity index (χ1v) is 5.16. The number of nitrogens with zero attached hydrogens (tertiary/aromatic N) is 1. The van der Waals surface area contributed by atoms with E-state index >= 15 is 0 Å². The third kappa shape index (κ3) is 2.77. The Morgan fingerprint density at radius 2 is 2.07 bits per heavy atom. The molecule has 1 atom stereocenters. The van der Waals surface area contributed by atoms with Gasteiger partial charge in [-0.1, -0.05) is 15.9 Å². The molecule has 0 bridgehead atoms. The van der Waals surface area contributed by atoms with Crippen molar-refractivity contribution in [2.75, 3.05) is 20.6 Å². The lowest BCUT2D eigenvalue weighted by molar-refractivity contribution is 0.305. The molecule has 0 aliphatic heterocycles. The number of halogens is 2. The van der Waals surface area contributed by atoms with Crippen molar-refractivity contribution < 1.29 is 4.39 Å². The molecule has 1 aromatic rings. The largest absolute Gasteiger partial charge is 0.329 e. The van der Waals surface area contributed by atoms with Crippen LogP contribution in [0.25, 0.3) is 0 Å². The lowest BCUT2D eigenvalue weighted by atomic mass is 10.1. The normalized spacial score (nSPS) is 13.3. The van der Waals surface area contributed by atoms with Gasteiger partial charge in [0.2, 0.25) is 0 Å². The fourth-order valence-corrected chi connectivity index (χ4v) is 1.90. The standard InChI is InChI=1S/C10H14BrFN2/c1-14(2)10(6-13)7-3-8(11)5-9(12)4-7/h3-5,10H,6,13H2,1-2H3. The van der Waals surface area contributed by atoms with Crippen molar-refractivity contribution in [3.63, 3.8) is 0 Å². The maximum atomic E-state index is 13.1. The summed E-state index contributed by atoms with van der Waals surface area (Å²) in [7, 11) is 3.85. The molecule has 0 radical (unpaired) electrons. The van der Waals surface area contributed by atoms with Gasteiger partial charge in [-0.15, -0.1) is 0 Å². The Morgan fingerprint density at radius 3 is 2.50 bits per heavy atom. The summed E-state index contributed by atoms with van der Waals surface area (Å²) in [6.07, 6.45) is 0. The van der Waals surface area contributed by atoms with Gasteiger partial charge in [0.15, 0.2) is 0 Å². The molecule has 1 rings (SSSR count). The Bertz CT molecular complexity index is 295. The van der Waals surface area contributed by atoms with Crippen molar-refractivity contribution in [2.24, 2.45) is 5.73 Å². The van der Waals surface area contributed by atoms with Gasteiger partial charge in [0.1, 0.15) is 5.82 Å². The monoisotopic (exact) mass is 260 g/mol. The first-order valence-electron chi connectivity index (χ1n) is 4.37. The van der Waals surface area contributed by atoms with Gasteiger partial charge in [-0.25, -0.2) is 4.39 Å². The van der Waals surface area contributed by atoms with E-state index in [0.717, 1.165) is 10.0 Å². The van der Waals surface area contributed by atoms with Crippen molar-refractivity contribution in [2.45, 2.75) is 6.04 Å². The number of hydrogen-bond donors (Lipinski definition) is 1. The highest BCUT2D eigenvalue weighted by molar-refractivity contribution is 9.10. The zero-order valence-electron chi connectivity index (χ0n) is 8.30. The molecule has 0 spiro atoms. The van der Waals surface area contributed by atoms with Gasteiger partial charge in [0.05, 0.1) is 0 Å². The summed E-state index contributed by atoms with van der Waals surface area (Å²) in [5.41, 5.74) is 6.52. The Balaban J connectivity index is 3.04. The average Bonchev–Trinajstić information content (AvgIpc) is 2.02. The highest BCUT2D eigenvalue weighted by Gasteiger charge is 2.13. The van der Waals surface area contributed by atoms with Crippen molar-refractivity contribution in [1.82, 2.24) is 4.90 Å². The smallest absolute Gasteiger partial charge is 0.124 e. The van der Waals surface area contributed by atoms with E-state index in [1.165, 1.54) is 12.1 Å². The summed E-state index contributed by atoms with van der Waals surface area (Å²) in [6, 6.07) is 4.90. The maximum Gasteiger partial charge on any atom is 0.124 e. The van der Waals surface area contributed by atoms with Gasteiger partial charge in [-0.2, -0.15) is 0 Å². The predicted octanol–water partition coefficient (Wildman–Crippen LogP) is 2.15. The molecule has 1 unspecified atom stereocenters. The summed E-state index contributed by atoms with van der Waals surface area (Å²) in [4.78, 5) is 1.97. The second-order valence-corrected chi connectivity index (χ2v) is 4.33. The molecule has 0 amide bonds. The molecule has 78 valence electrons. The van der Waals surface area contributed by atoms with Crippen LogP contribution >= 0.6 is 15.9 Å². The lowest BCUT2D eigenvalue weighted by Gasteiger charge is -2.23. The van der Waals surface area contributed by atoms with Gasteiger partial charge in [-0.3, -0.25) is 0 Å². The Labute approximate surface area is 92.0 Å². The number of nitrogens with two attached hydrogens (primary N) is 1. The fourth-order valence-electron chi connectivity index (χ4n) is 1.41. The van der Waals surface area contributed by atoms with Gasteiger partial charge in [0, 0.05) is 17.1 Å². The van der Waals surface area contributed by atoms with E-state index in [9.17, 15) is 4.39 Å². The third-order valence-electron chi connectivity index (χ3n) is 2.12. The molecule has 0 aliphatic carbocycles. The first-order chi connectivity index (χ1) is 6.54. The second-order valence-electron chi connectivity index (χ2n) is 3.42. The molecular formula is C10H14BrFN2. The molecule has 0 aromatic heterocycles. The van der Waals surface area contributed by atoms with Crippen molar-refractivity contribution >= 4 is 15.9 Å².